The molecular weight excluding hydrogens is 409 g/mol. The highest BCUT2D eigenvalue weighted by Gasteiger charge is 2.73. The highest BCUT2D eigenvalue weighted by atomic mass is 19.1. The Morgan fingerprint density at radius 3 is 2.47 bits per heavy atom. The predicted molar refractivity (Wildman–Crippen MR) is 121 cm³/mol. The zero-order valence-electron chi connectivity index (χ0n) is 18.4. The molecule has 2 heterocycles. The fourth-order valence-electron chi connectivity index (χ4n) is 5.79. The Hall–Kier alpha value is -3.09. The van der Waals surface area contributed by atoms with Crippen LogP contribution < -0.4 is 10.2 Å². The molecule has 1 amide bonds. The Kier molecular flexibility index (Phi) is 4.69. The van der Waals surface area contributed by atoms with E-state index in [1.54, 1.807) is 11.0 Å². The molecule has 6 nitrogen and oxygen atoms in total. The molecule has 168 valence electrons. The number of carbonyl (C=O) groups is 2. The molecule has 32 heavy (non-hydrogen) atoms. The number of piperidine rings is 1. The quantitative estimate of drug-likeness (QED) is 0.755. The molecule has 2 aromatic carbocycles. The van der Waals surface area contributed by atoms with Gasteiger partial charge in [0.05, 0.1) is 18.0 Å². The number of nitrogens with zero attached hydrogens (tertiary/aromatic N) is 2. The lowest BCUT2D eigenvalue weighted by Gasteiger charge is -2.35. The highest BCUT2D eigenvalue weighted by molar-refractivity contribution is 5.88. The first-order valence-corrected chi connectivity index (χ1v) is 11.2. The standard InChI is InChI=1S/C25H28FN3O3/c1-3-22(30)29-10-8-24(9-11-29)14-25(24,23(31)32)18-6-4-16(12-19(18)26)17-5-7-21-20(13-17)27-15-28(21)2/h4-7,12-13,27H,3,8-11,14-15H2,1-2H3,(H,31,32)/t25-/m1/s1. The zero-order valence-corrected chi connectivity index (χ0v) is 18.4. The van der Waals surface area contributed by atoms with Crippen molar-refractivity contribution in [2.45, 2.75) is 38.0 Å². The monoisotopic (exact) mass is 437 g/mol. The van der Waals surface area contributed by atoms with Crippen LogP contribution in [0.3, 0.4) is 0 Å². The van der Waals surface area contributed by atoms with Gasteiger partial charge in [0.15, 0.2) is 0 Å². The van der Waals surface area contributed by atoms with E-state index >= 15 is 4.39 Å². The van der Waals surface area contributed by atoms with Gasteiger partial charge in [-0.25, -0.2) is 4.39 Å². The topological polar surface area (TPSA) is 72.9 Å². The van der Waals surface area contributed by atoms with Gasteiger partial charge in [-0.2, -0.15) is 0 Å². The number of carboxylic acids is 1. The molecular formula is C25H28FN3O3. The molecule has 0 bridgehead atoms. The summed E-state index contributed by atoms with van der Waals surface area (Å²) in [4.78, 5) is 28.4. The summed E-state index contributed by atoms with van der Waals surface area (Å²) >= 11 is 0. The van der Waals surface area contributed by atoms with Crippen molar-refractivity contribution >= 4 is 23.3 Å². The van der Waals surface area contributed by atoms with Crippen LogP contribution >= 0.6 is 0 Å². The number of aliphatic carboxylic acids is 1. The van der Waals surface area contributed by atoms with Crippen molar-refractivity contribution in [1.29, 1.82) is 0 Å². The molecule has 3 aliphatic rings. The molecule has 5 rings (SSSR count). The molecule has 1 aliphatic carbocycles. The van der Waals surface area contributed by atoms with E-state index in [1.165, 1.54) is 6.07 Å². The molecule has 2 aromatic rings. The summed E-state index contributed by atoms with van der Waals surface area (Å²) < 4.78 is 15.4. The van der Waals surface area contributed by atoms with Gasteiger partial charge >= 0.3 is 5.97 Å². The summed E-state index contributed by atoms with van der Waals surface area (Å²) in [5, 5.41) is 13.5. The second-order valence-corrected chi connectivity index (χ2v) is 9.36. The first-order chi connectivity index (χ1) is 15.3. The number of hydrogen-bond donors (Lipinski definition) is 2. The van der Waals surface area contributed by atoms with Gasteiger partial charge in [-0.1, -0.05) is 25.1 Å². The van der Waals surface area contributed by atoms with Gasteiger partial charge in [0, 0.05) is 32.1 Å². The summed E-state index contributed by atoms with van der Waals surface area (Å²) in [6.07, 6.45) is 2.06. The van der Waals surface area contributed by atoms with Crippen LogP contribution in [0.15, 0.2) is 36.4 Å². The predicted octanol–water partition coefficient (Wildman–Crippen LogP) is 4.06. The Labute approximate surface area is 187 Å². The minimum absolute atomic E-state index is 0.0898. The van der Waals surface area contributed by atoms with E-state index in [4.69, 9.17) is 0 Å². The Balaban J connectivity index is 1.43. The number of hydrogen-bond acceptors (Lipinski definition) is 4. The maximum atomic E-state index is 15.4. The van der Waals surface area contributed by atoms with E-state index in [-0.39, 0.29) is 11.5 Å². The van der Waals surface area contributed by atoms with Crippen molar-refractivity contribution in [1.82, 2.24) is 4.90 Å². The first-order valence-electron chi connectivity index (χ1n) is 11.2. The molecule has 7 heteroatoms. The number of anilines is 2. The van der Waals surface area contributed by atoms with Gasteiger partial charge in [0.2, 0.25) is 5.91 Å². The van der Waals surface area contributed by atoms with Crippen molar-refractivity contribution < 1.29 is 19.1 Å². The Bertz CT molecular complexity index is 1110. The fraction of sp³-hybridized carbons (Fsp3) is 0.440. The largest absolute Gasteiger partial charge is 0.481 e. The third kappa shape index (κ3) is 2.90. The number of benzene rings is 2. The van der Waals surface area contributed by atoms with Crippen molar-refractivity contribution in [3.63, 3.8) is 0 Å². The van der Waals surface area contributed by atoms with E-state index in [0.717, 1.165) is 29.2 Å². The number of amides is 1. The number of fused-ring (bicyclic) bond motifs is 1. The zero-order chi connectivity index (χ0) is 22.7. The molecule has 1 spiro atoms. The summed E-state index contributed by atoms with van der Waals surface area (Å²) in [5.74, 6) is -1.35. The van der Waals surface area contributed by atoms with Crippen LogP contribution in [0.1, 0.15) is 38.2 Å². The maximum absolute atomic E-state index is 15.4. The lowest BCUT2D eigenvalue weighted by molar-refractivity contribution is -0.141. The second kappa shape index (κ2) is 7.22. The van der Waals surface area contributed by atoms with E-state index in [1.807, 2.05) is 38.2 Å². The minimum atomic E-state index is -1.21. The molecule has 2 N–H and O–H groups in total. The van der Waals surface area contributed by atoms with Crippen LogP contribution in [0.2, 0.25) is 0 Å². The molecule has 1 atom stereocenters. The van der Waals surface area contributed by atoms with E-state index in [9.17, 15) is 14.7 Å². The number of carbonyl (C=O) groups excluding carboxylic acids is 1. The molecule has 1 saturated heterocycles. The lowest BCUT2D eigenvalue weighted by Crippen LogP contribution is -2.42. The van der Waals surface area contributed by atoms with Gasteiger partial charge in [-0.3, -0.25) is 9.59 Å². The van der Waals surface area contributed by atoms with E-state index in [0.29, 0.717) is 38.8 Å². The number of likely N-dealkylation sites (tertiary alicyclic amines) is 1. The highest BCUT2D eigenvalue weighted by Crippen LogP contribution is 2.70. The number of carboxylic acid groups (broad SMARTS) is 1. The number of halogens is 1. The van der Waals surface area contributed by atoms with E-state index < -0.39 is 22.6 Å². The summed E-state index contributed by atoms with van der Waals surface area (Å²) in [6, 6.07) is 10.9. The van der Waals surface area contributed by atoms with Crippen LogP contribution in [-0.4, -0.2) is 48.7 Å². The average molecular weight is 438 g/mol. The Morgan fingerprint density at radius 2 is 1.81 bits per heavy atom. The molecule has 1 saturated carbocycles. The van der Waals surface area contributed by atoms with Crippen molar-refractivity contribution in [3.05, 3.63) is 47.8 Å². The summed E-state index contributed by atoms with van der Waals surface area (Å²) in [6.45, 7) is 3.64. The smallest absolute Gasteiger partial charge is 0.314 e. The fourth-order valence-corrected chi connectivity index (χ4v) is 5.79. The van der Waals surface area contributed by atoms with E-state index in [2.05, 4.69) is 10.2 Å². The molecule has 0 aromatic heterocycles. The normalized spacial score (nSPS) is 23.1. The van der Waals surface area contributed by atoms with Crippen LogP contribution in [-0.2, 0) is 15.0 Å². The number of nitrogens with one attached hydrogen (secondary N) is 1. The second-order valence-electron chi connectivity index (χ2n) is 9.36. The number of rotatable bonds is 4. The van der Waals surface area contributed by atoms with Crippen LogP contribution in [0.5, 0.6) is 0 Å². The minimum Gasteiger partial charge on any atom is -0.481 e. The SMILES string of the molecule is CCC(=O)N1CCC2(CC1)C[C@]2(C(=O)O)c1ccc(-c2ccc3c(c2)NCN3C)cc1F. The first kappa shape index (κ1) is 20.8. The van der Waals surface area contributed by atoms with Gasteiger partial charge < -0.3 is 20.2 Å². The third-order valence-electron chi connectivity index (χ3n) is 7.80. The lowest BCUT2D eigenvalue weighted by atomic mass is 9.79. The van der Waals surface area contributed by atoms with Gasteiger partial charge in [0.25, 0.3) is 0 Å². The van der Waals surface area contributed by atoms with Crippen molar-refractivity contribution in [2.24, 2.45) is 5.41 Å². The maximum Gasteiger partial charge on any atom is 0.314 e. The van der Waals surface area contributed by atoms with Crippen LogP contribution in [0.4, 0.5) is 15.8 Å². The van der Waals surface area contributed by atoms with Crippen molar-refractivity contribution in [2.75, 3.05) is 37.0 Å². The van der Waals surface area contributed by atoms with Crippen LogP contribution in [0, 0.1) is 11.2 Å². The molecule has 0 unspecified atom stereocenters. The summed E-state index contributed by atoms with van der Waals surface area (Å²) in [7, 11) is 2.01. The third-order valence-corrected chi connectivity index (χ3v) is 7.80. The van der Waals surface area contributed by atoms with Crippen LogP contribution in [0.25, 0.3) is 11.1 Å². The summed E-state index contributed by atoms with van der Waals surface area (Å²) in [5.41, 5.74) is 2.30. The molecule has 2 aliphatic heterocycles. The van der Waals surface area contributed by atoms with Crippen molar-refractivity contribution in [3.8, 4) is 11.1 Å². The average Bonchev–Trinajstić information content (AvgIpc) is 3.29. The molecule has 0 radical (unpaired) electrons. The van der Waals surface area contributed by atoms with Gasteiger partial charge in [0.1, 0.15) is 11.2 Å². The Morgan fingerprint density at radius 1 is 1.12 bits per heavy atom. The molecule has 2 fully saturated rings. The van der Waals surface area contributed by atoms with Gasteiger partial charge in [-0.15, -0.1) is 0 Å². The van der Waals surface area contributed by atoms with Gasteiger partial charge in [-0.05, 0) is 54.0 Å².